The van der Waals surface area contributed by atoms with E-state index in [2.05, 4.69) is 39.9 Å². The summed E-state index contributed by atoms with van der Waals surface area (Å²) in [5.41, 5.74) is 6.27. The van der Waals surface area contributed by atoms with Crippen molar-refractivity contribution in [2.75, 3.05) is 18.9 Å². The highest BCUT2D eigenvalue weighted by Crippen LogP contribution is 2.35. The number of rotatable bonds is 5. The van der Waals surface area contributed by atoms with Gasteiger partial charge in [0, 0.05) is 37.0 Å². The number of hydrogen-bond acceptors (Lipinski definition) is 4. The Hall–Kier alpha value is -3.34. The molecule has 1 atom stereocenters. The van der Waals surface area contributed by atoms with Gasteiger partial charge >= 0.3 is 0 Å². The number of amides is 1. The lowest BCUT2D eigenvalue weighted by Gasteiger charge is -2.20. The average molecular weight is 402 g/mol. The van der Waals surface area contributed by atoms with Gasteiger partial charge in [0.25, 0.3) is 5.91 Å². The minimum atomic E-state index is -0.0898. The quantitative estimate of drug-likeness (QED) is 0.662. The topological polar surface area (TPSA) is 63.2 Å². The Bertz CT molecular complexity index is 1020. The van der Waals surface area contributed by atoms with E-state index in [1.54, 1.807) is 13.2 Å². The molecule has 4 rings (SSSR count). The second-order valence-electron chi connectivity index (χ2n) is 7.72. The molecule has 154 valence electrons. The van der Waals surface area contributed by atoms with Gasteiger partial charge in [-0.1, -0.05) is 18.2 Å². The Kier molecular flexibility index (Phi) is 5.98. The van der Waals surface area contributed by atoms with Crippen LogP contribution in [-0.4, -0.2) is 24.5 Å². The maximum absolute atomic E-state index is 12.2. The summed E-state index contributed by atoms with van der Waals surface area (Å²) in [7, 11) is 1.65. The summed E-state index contributed by atoms with van der Waals surface area (Å²) in [5.74, 6) is 0.958. The van der Waals surface area contributed by atoms with Crippen LogP contribution in [0.25, 0.3) is 0 Å². The van der Waals surface area contributed by atoms with Gasteiger partial charge in [-0.25, -0.2) is 0 Å². The highest BCUT2D eigenvalue weighted by molar-refractivity contribution is 5.94. The average Bonchev–Trinajstić information content (AvgIpc) is 3.00. The van der Waals surface area contributed by atoms with E-state index in [0.29, 0.717) is 12.2 Å². The highest BCUT2D eigenvalue weighted by atomic mass is 16.5. The Morgan fingerprint density at radius 1 is 1.20 bits per heavy atom. The van der Waals surface area contributed by atoms with Gasteiger partial charge in [0.05, 0.1) is 5.69 Å². The van der Waals surface area contributed by atoms with Crippen LogP contribution in [0.2, 0.25) is 0 Å². The fourth-order valence-electron chi connectivity index (χ4n) is 3.96. The molecule has 0 bridgehead atoms. The van der Waals surface area contributed by atoms with Crippen LogP contribution in [0, 0.1) is 6.92 Å². The molecule has 1 aromatic heterocycles. The van der Waals surface area contributed by atoms with Crippen LogP contribution in [0.4, 0.5) is 5.69 Å². The van der Waals surface area contributed by atoms with Crippen molar-refractivity contribution < 1.29 is 9.53 Å². The fraction of sp³-hybridized carbons (Fsp3) is 0.280. The van der Waals surface area contributed by atoms with Crippen molar-refractivity contribution in [2.24, 2.45) is 0 Å². The first-order valence-electron chi connectivity index (χ1n) is 10.4. The van der Waals surface area contributed by atoms with Gasteiger partial charge in [-0.2, -0.15) is 0 Å². The van der Waals surface area contributed by atoms with Crippen LogP contribution in [0.15, 0.2) is 60.8 Å². The molecule has 3 aromatic rings. The predicted octanol–water partition coefficient (Wildman–Crippen LogP) is 4.47. The summed E-state index contributed by atoms with van der Waals surface area (Å²) in [6, 6.07) is 18.1. The van der Waals surface area contributed by atoms with Gasteiger partial charge in [0.2, 0.25) is 0 Å². The third kappa shape index (κ3) is 4.46. The van der Waals surface area contributed by atoms with E-state index in [-0.39, 0.29) is 11.8 Å². The first kappa shape index (κ1) is 20.0. The first-order chi connectivity index (χ1) is 14.6. The number of aromatic nitrogens is 1. The maximum Gasteiger partial charge on any atom is 0.251 e. The molecule has 1 aliphatic rings. The highest BCUT2D eigenvalue weighted by Gasteiger charge is 2.22. The minimum Gasteiger partial charge on any atom is -0.487 e. The van der Waals surface area contributed by atoms with E-state index < -0.39 is 0 Å². The Balaban J connectivity index is 1.61. The monoisotopic (exact) mass is 401 g/mol. The molecule has 0 fully saturated rings. The number of fused-ring (bicyclic) bond motifs is 1. The van der Waals surface area contributed by atoms with E-state index >= 15 is 0 Å². The molecule has 5 nitrogen and oxygen atoms in total. The second-order valence-corrected chi connectivity index (χ2v) is 7.72. The molecule has 0 radical (unpaired) electrons. The molecule has 1 amide bonds. The zero-order chi connectivity index (χ0) is 20.9. The standard InChI is InChI=1S/C25H27N3O2/c1-17-11-12-27-21(13-17)16-30-24-10-9-19(25(29)26-2)14-22(24)20-8-7-18-5-3-4-6-23(18)28-15-20/h3-6,9-14,20,28H,7-8,15-16H2,1-2H3,(H,26,29). The summed E-state index contributed by atoms with van der Waals surface area (Å²) in [6.07, 6.45) is 3.77. The van der Waals surface area contributed by atoms with Crippen molar-refractivity contribution in [3.8, 4) is 5.75 Å². The smallest absolute Gasteiger partial charge is 0.251 e. The molecule has 5 heteroatoms. The van der Waals surface area contributed by atoms with E-state index in [4.69, 9.17) is 4.74 Å². The van der Waals surface area contributed by atoms with E-state index in [0.717, 1.165) is 42.0 Å². The Labute approximate surface area is 177 Å². The van der Waals surface area contributed by atoms with Crippen LogP contribution >= 0.6 is 0 Å². The van der Waals surface area contributed by atoms with Gasteiger partial charge in [-0.3, -0.25) is 9.78 Å². The molecule has 2 N–H and O–H groups in total. The lowest BCUT2D eigenvalue weighted by atomic mass is 9.91. The van der Waals surface area contributed by atoms with Gasteiger partial charge in [-0.05, 0) is 72.9 Å². The third-order valence-corrected chi connectivity index (χ3v) is 5.60. The number of hydrogen-bond donors (Lipinski definition) is 2. The van der Waals surface area contributed by atoms with Gasteiger partial charge < -0.3 is 15.4 Å². The molecule has 0 saturated carbocycles. The van der Waals surface area contributed by atoms with E-state index in [1.165, 1.54) is 11.3 Å². The summed E-state index contributed by atoms with van der Waals surface area (Å²) >= 11 is 0. The van der Waals surface area contributed by atoms with Crippen LogP contribution < -0.4 is 15.4 Å². The number of nitrogens with one attached hydrogen (secondary N) is 2. The minimum absolute atomic E-state index is 0.0898. The van der Waals surface area contributed by atoms with Crippen molar-refractivity contribution >= 4 is 11.6 Å². The molecule has 0 spiro atoms. The maximum atomic E-state index is 12.2. The predicted molar refractivity (Wildman–Crippen MR) is 119 cm³/mol. The van der Waals surface area contributed by atoms with Crippen molar-refractivity contribution in [3.63, 3.8) is 0 Å². The zero-order valence-corrected chi connectivity index (χ0v) is 17.4. The number of carbonyl (C=O) groups is 1. The number of pyridine rings is 1. The summed E-state index contributed by atoms with van der Waals surface area (Å²) in [4.78, 5) is 16.6. The van der Waals surface area contributed by atoms with Gasteiger partial charge in [-0.15, -0.1) is 0 Å². The normalized spacial score (nSPS) is 15.5. The lowest BCUT2D eigenvalue weighted by Crippen LogP contribution is -2.19. The first-order valence-corrected chi connectivity index (χ1v) is 10.4. The number of ether oxygens (including phenoxy) is 1. The van der Waals surface area contributed by atoms with Crippen LogP contribution in [0.3, 0.4) is 0 Å². The Morgan fingerprint density at radius 2 is 2.07 bits per heavy atom. The molecule has 30 heavy (non-hydrogen) atoms. The van der Waals surface area contributed by atoms with Gasteiger partial charge in [0.1, 0.15) is 12.4 Å². The van der Waals surface area contributed by atoms with Crippen LogP contribution in [0.5, 0.6) is 5.75 Å². The Morgan fingerprint density at radius 3 is 2.90 bits per heavy atom. The number of para-hydroxylation sites is 1. The molecular weight excluding hydrogens is 374 g/mol. The number of benzene rings is 2. The van der Waals surface area contributed by atoms with E-state index in [1.807, 2.05) is 37.3 Å². The number of carbonyl (C=O) groups excluding carboxylic acids is 1. The molecule has 0 aliphatic carbocycles. The van der Waals surface area contributed by atoms with Crippen LogP contribution in [0.1, 0.15) is 45.1 Å². The van der Waals surface area contributed by atoms with E-state index in [9.17, 15) is 4.79 Å². The number of anilines is 1. The van der Waals surface area contributed by atoms with Crippen molar-refractivity contribution in [1.82, 2.24) is 10.3 Å². The molecule has 0 saturated heterocycles. The molecule has 1 aliphatic heterocycles. The van der Waals surface area contributed by atoms with Crippen LogP contribution in [-0.2, 0) is 13.0 Å². The summed E-state index contributed by atoms with van der Waals surface area (Å²) in [6.45, 7) is 3.24. The van der Waals surface area contributed by atoms with Crippen molar-refractivity contribution in [2.45, 2.75) is 32.3 Å². The lowest BCUT2D eigenvalue weighted by molar-refractivity contribution is 0.0963. The second kappa shape index (κ2) is 8.99. The van der Waals surface area contributed by atoms with Crippen molar-refractivity contribution in [1.29, 1.82) is 0 Å². The largest absolute Gasteiger partial charge is 0.487 e. The fourth-order valence-corrected chi connectivity index (χ4v) is 3.96. The zero-order valence-electron chi connectivity index (χ0n) is 17.4. The summed E-state index contributed by atoms with van der Waals surface area (Å²) in [5, 5.41) is 6.29. The van der Waals surface area contributed by atoms with Gasteiger partial charge in [0.15, 0.2) is 0 Å². The number of aryl methyl sites for hydroxylation is 2. The van der Waals surface area contributed by atoms with Crippen molar-refractivity contribution in [3.05, 3.63) is 88.7 Å². The molecule has 2 aromatic carbocycles. The third-order valence-electron chi connectivity index (χ3n) is 5.60. The molecule has 2 heterocycles. The SMILES string of the molecule is CNC(=O)c1ccc(OCc2cc(C)ccn2)c(C2CCc3ccccc3NC2)c1. The molecular formula is C25H27N3O2. The summed E-state index contributed by atoms with van der Waals surface area (Å²) < 4.78 is 6.20. The number of nitrogens with zero attached hydrogens (tertiary/aromatic N) is 1. The molecule has 1 unspecified atom stereocenters.